The molecular formula is C15H21N3O. The molecule has 0 heterocycles. The first-order chi connectivity index (χ1) is 9.01. The topological polar surface area (TPSA) is 80.0 Å². The van der Waals surface area contributed by atoms with Crippen LogP contribution in [-0.4, -0.2) is 23.6 Å². The molecule has 102 valence electrons. The Kier molecular flexibility index (Phi) is 5.30. The van der Waals surface area contributed by atoms with E-state index in [1.165, 1.54) is 12.5 Å². The fourth-order valence-corrected chi connectivity index (χ4v) is 1.83. The molecular weight excluding hydrogens is 238 g/mol. The van der Waals surface area contributed by atoms with E-state index < -0.39 is 0 Å². The van der Waals surface area contributed by atoms with Gasteiger partial charge in [-0.25, -0.2) is 0 Å². The summed E-state index contributed by atoms with van der Waals surface area (Å²) in [6, 6.07) is 7.87. The van der Waals surface area contributed by atoms with Gasteiger partial charge in [-0.1, -0.05) is 37.6 Å². The minimum absolute atomic E-state index is 0.0350. The average molecular weight is 259 g/mol. The minimum Gasteiger partial charge on any atom is -0.504 e. The largest absolute Gasteiger partial charge is 0.504 e. The van der Waals surface area contributed by atoms with Crippen molar-refractivity contribution in [3.05, 3.63) is 41.2 Å². The van der Waals surface area contributed by atoms with Crippen molar-refractivity contribution >= 4 is 17.1 Å². The molecule has 0 aliphatic heterocycles. The summed E-state index contributed by atoms with van der Waals surface area (Å²) in [5, 5.41) is 28.0. The molecule has 4 N–H and O–H groups in total. The maximum Gasteiger partial charge on any atom is 0.166 e. The summed E-state index contributed by atoms with van der Waals surface area (Å²) in [5.74, 6) is -0.196. The third-order valence-corrected chi connectivity index (χ3v) is 2.88. The highest BCUT2D eigenvalue weighted by Crippen LogP contribution is 2.17. The third-order valence-electron chi connectivity index (χ3n) is 2.88. The van der Waals surface area contributed by atoms with Crippen molar-refractivity contribution in [2.24, 2.45) is 0 Å². The van der Waals surface area contributed by atoms with Gasteiger partial charge in [0.25, 0.3) is 0 Å². The van der Waals surface area contributed by atoms with Crippen molar-refractivity contribution in [3.63, 3.8) is 0 Å². The van der Waals surface area contributed by atoms with Crippen LogP contribution in [0.1, 0.15) is 31.4 Å². The molecule has 0 saturated carbocycles. The fourth-order valence-electron chi connectivity index (χ4n) is 1.83. The zero-order chi connectivity index (χ0) is 14.4. The van der Waals surface area contributed by atoms with Crippen molar-refractivity contribution in [2.75, 3.05) is 7.05 Å². The Morgan fingerprint density at radius 1 is 1.21 bits per heavy atom. The monoisotopic (exact) mass is 259 g/mol. The molecule has 1 aromatic rings. The minimum atomic E-state index is -0.196. The molecule has 0 fully saturated rings. The van der Waals surface area contributed by atoms with E-state index in [1.807, 2.05) is 24.3 Å². The third kappa shape index (κ3) is 3.68. The molecule has 1 aromatic carbocycles. The molecule has 0 saturated heterocycles. The molecule has 0 aromatic heterocycles. The average Bonchev–Trinajstić information content (AvgIpc) is 2.40. The lowest BCUT2D eigenvalue weighted by atomic mass is 10.0. The van der Waals surface area contributed by atoms with Crippen LogP contribution in [0, 0.1) is 10.8 Å². The smallest absolute Gasteiger partial charge is 0.166 e. The Morgan fingerprint density at radius 3 is 2.21 bits per heavy atom. The Balaban J connectivity index is 3.12. The zero-order valence-corrected chi connectivity index (χ0v) is 11.7. The van der Waals surface area contributed by atoms with Gasteiger partial charge in [-0.3, -0.25) is 5.41 Å². The molecule has 0 amide bonds. The number of aryl methyl sites for hydroxylation is 1. The molecule has 1 rings (SSSR count). The van der Waals surface area contributed by atoms with Crippen molar-refractivity contribution in [1.82, 2.24) is 5.32 Å². The van der Waals surface area contributed by atoms with Crippen LogP contribution in [0.4, 0.5) is 0 Å². The lowest BCUT2D eigenvalue weighted by Crippen LogP contribution is -2.17. The first-order valence-electron chi connectivity index (χ1n) is 6.36. The SMILES string of the molecule is CCCc1ccc(/C(NC)=C(\O)C(=N)C(C)=N)cc1. The quantitative estimate of drug-likeness (QED) is 0.467. The summed E-state index contributed by atoms with van der Waals surface area (Å²) in [7, 11) is 1.69. The highest BCUT2D eigenvalue weighted by atomic mass is 16.3. The Hall–Kier alpha value is -2.10. The van der Waals surface area contributed by atoms with E-state index in [0.717, 1.165) is 18.4 Å². The van der Waals surface area contributed by atoms with Gasteiger partial charge in [0.15, 0.2) is 5.76 Å². The first kappa shape index (κ1) is 15.0. The van der Waals surface area contributed by atoms with Crippen molar-refractivity contribution < 1.29 is 5.11 Å². The molecule has 0 radical (unpaired) electrons. The first-order valence-corrected chi connectivity index (χ1v) is 6.36. The predicted octanol–water partition coefficient (Wildman–Crippen LogP) is 3.14. The molecule has 19 heavy (non-hydrogen) atoms. The number of hydrogen-bond donors (Lipinski definition) is 4. The number of hydrogen-bond acceptors (Lipinski definition) is 4. The van der Waals surface area contributed by atoms with E-state index in [1.54, 1.807) is 7.05 Å². The van der Waals surface area contributed by atoms with Crippen molar-refractivity contribution in [3.8, 4) is 0 Å². The van der Waals surface area contributed by atoms with Crippen LogP contribution >= 0.6 is 0 Å². The maximum atomic E-state index is 10.0. The van der Waals surface area contributed by atoms with E-state index in [-0.39, 0.29) is 17.2 Å². The van der Waals surface area contributed by atoms with Crippen LogP contribution in [0.2, 0.25) is 0 Å². The van der Waals surface area contributed by atoms with Crippen LogP contribution in [-0.2, 0) is 6.42 Å². The van der Waals surface area contributed by atoms with Gasteiger partial charge < -0.3 is 15.8 Å². The molecule has 0 aliphatic carbocycles. The number of benzene rings is 1. The molecule has 0 bridgehead atoms. The van der Waals surface area contributed by atoms with Gasteiger partial charge in [0.2, 0.25) is 0 Å². The molecule has 0 atom stereocenters. The highest BCUT2D eigenvalue weighted by Gasteiger charge is 2.13. The summed E-state index contributed by atoms with van der Waals surface area (Å²) in [4.78, 5) is 0. The van der Waals surface area contributed by atoms with Crippen LogP contribution < -0.4 is 5.32 Å². The van der Waals surface area contributed by atoms with Crippen LogP contribution in [0.3, 0.4) is 0 Å². The zero-order valence-electron chi connectivity index (χ0n) is 11.7. The van der Waals surface area contributed by atoms with Gasteiger partial charge in [-0.15, -0.1) is 0 Å². The molecule has 4 nitrogen and oxygen atoms in total. The fraction of sp³-hybridized carbons (Fsp3) is 0.333. The Labute approximate surface area is 114 Å². The van der Waals surface area contributed by atoms with E-state index in [9.17, 15) is 5.11 Å². The maximum absolute atomic E-state index is 10.0. The summed E-state index contributed by atoms with van der Waals surface area (Å²) < 4.78 is 0. The van der Waals surface area contributed by atoms with E-state index in [0.29, 0.717) is 5.70 Å². The number of rotatable bonds is 6. The summed E-state index contributed by atoms with van der Waals surface area (Å²) in [6.07, 6.45) is 2.12. The molecule has 0 aliphatic rings. The van der Waals surface area contributed by atoms with Crippen molar-refractivity contribution in [2.45, 2.75) is 26.7 Å². The van der Waals surface area contributed by atoms with Gasteiger partial charge in [-0.05, 0) is 18.9 Å². The van der Waals surface area contributed by atoms with E-state index in [2.05, 4.69) is 12.2 Å². The second-order valence-electron chi connectivity index (χ2n) is 4.42. The number of aliphatic hydroxyl groups is 1. The predicted molar refractivity (Wildman–Crippen MR) is 80.2 cm³/mol. The second kappa shape index (κ2) is 6.73. The summed E-state index contributed by atoms with van der Waals surface area (Å²) >= 11 is 0. The second-order valence-corrected chi connectivity index (χ2v) is 4.42. The summed E-state index contributed by atoms with van der Waals surface area (Å²) in [6.45, 7) is 3.61. The van der Waals surface area contributed by atoms with Gasteiger partial charge in [0.05, 0.1) is 11.4 Å². The van der Waals surface area contributed by atoms with Gasteiger partial charge >= 0.3 is 0 Å². The van der Waals surface area contributed by atoms with E-state index in [4.69, 9.17) is 10.8 Å². The van der Waals surface area contributed by atoms with Gasteiger partial charge in [0.1, 0.15) is 5.71 Å². The van der Waals surface area contributed by atoms with Crippen molar-refractivity contribution in [1.29, 1.82) is 10.8 Å². The van der Waals surface area contributed by atoms with Gasteiger partial charge in [0, 0.05) is 12.6 Å². The van der Waals surface area contributed by atoms with Crippen LogP contribution in [0.15, 0.2) is 30.0 Å². The molecule has 4 heteroatoms. The lowest BCUT2D eigenvalue weighted by molar-refractivity contribution is 0.444. The standard InChI is InChI=1S/C15H21N3O/c1-4-5-11-6-8-12(9-7-11)14(18-3)15(19)13(17)10(2)16/h6-9,16-19H,4-5H2,1-3H3/b15-14+,16-10?,17-13?. The van der Waals surface area contributed by atoms with Crippen LogP contribution in [0.5, 0.6) is 0 Å². The molecule has 0 unspecified atom stereocenters. The van der Waals surface area contributed by atoms with Gasteiger partial charge in [-0.2, -0.15) is 0 Å². The van der Waals surface area contributed by atoms with E-state index >= 15 is 0 Å². The number of aliphatic hydroxyl groups excluding tert-OH is 1. The lowest BCUT2D eigenvalue weighted by Gasteiger charge is -2.12. The summed E-state index contributed by atoms with van der Waals surface area (Å²) in [5.41, 5.74) is 2.40. The number of nitrogens with one attached hydrogen (secondary N) is 3. The number of allylic oxidation sites excluding steroid dienone is 1. The Bertz CT molecular complexity index is 501. The highest BCUT2D eigenvalue weighted by molar-refractivity contribution is 6.45. The normalized spacial score (nSPS) is 11.7. The Morgan fingerprint density at radius 2 is 1.79 bits per heavy atom. The van der Waals surface area contributed by atoms with Crippen LogP contribution in [0.25, 0.3) is 5.70 Å². The molecule has 0 spiro atoms.